The number of carbonyl (C=O) groups excluding carboxylic acids is 1. The summed E-state index contributed by atoms with van der Waals surface area (Å²) >= 11 is 1.34. The molecule has 0 saturated carbocycles. The molecule has 0 unspecified atom stereocenters. The van der Waals surface area contributed by atoms with Gasteiger partial charge in [0.1, 0.15) is 12.4 Å². The largest absolute Gasteiger partial charge is 0.492 e. The first kappa shape index (κ1) is 13.1. The van der Waals surface area contributed by atoms with E-state index in [0.717, 1.165) is 11.3 Å². The molecule has 0 aliphatic carbocycles. The van der Waals surface area contributed by atoms with Crippen molar-refractivity contribution in [2.75, 3.05) is 13.2 Å². The first-order chi connectivity index (χ1) is 7.76. The van der Waals surface area contributed by atoms with Crippen LogP contribution in [0.25, 0.3) is 0 Å². The van der Waals surface area contributed by atoms with Gasteiger partial charge < -0.3 is 10.5 Å². The summed E-state index contributed by atoms with van der Waals surface area (Å²) in [7, 11) is 0. The summed E-state index contributed by atoms with van der Waals surface area (Å²) in [6, 6.07) is 7.76. The van der Waals surface area contributed by atoms with Gasteiger partial charge in [-0.25, -0.2) is 0 Å². The van der Waals surface area contributed by atoms with E-state index in [1.807, 2.05) is 31.2 Å². The van der Waals surface area contributed by atoms with Crippen molar-refractivity contribution < 1.29 is 9.53 Å². The van der Waals surface area contributed by atoms with Gasteiger partial charge in [-0.05, 0) is 17.7 Å². The Morgan fingerprint density at radius 3 is 3.00 bits per heavy atom. The molecule has 0 atom stereocenters. The minimum Gasteiger partial charge on any atom is -0.492 e. The number of ether oxygens (including phenoxy) is 1. The second kappa shape index (κ2) is 7.30. The summed E-state index contributed by atoms with van der Waals surface area (Å²) in [5, 5.41) is 0.216. The molecule has 0 radical (unpaired) electrons. The monoisotopic (exact) mass is 239 g/mol. The third-order valence-corrected chi connectivity index (χ3v) is 3.06. The highest BCUT2D eigenvalue weighted by Gasteiger charge is 2.01. The van der Waals surface area contributed by atoms with Crippen LogP contribution in [0, 0.1) is 0 Å². The lowest BCUT2D eigenvalue weighted by Crippen LogP contribution is -2.10. The second-order valence-electron chi connectivity index (χ2n) is 3.30. The maximum atomic E-state index is 11.2. The number of nitrogens with two attached hydrogens (primary N) is 1. The van der Waals surface area contributed by atoms with E-state index in [4.69, 9.17) is 10.5 Å². The van der Waals surface area contributed by atoms with Crippen molar-refractivity contribution in [2.45, 2.75) is 19.1 Å². The van der Waals surface area contributed by atoms with E-state index >= 15 is 0 Å². The van der Waals surface area contributed by atoms with E-state index in [1.165, 1.54) is 11.8 Å². The van der Waals surface area contributed by atoms with Crippen LogP contribution in [0.2, 0.25) is 0 Å². The van der Waals surface area contributed by atoms with Crippen LogP contribution in [0.4, 0.5) is 0 Å². The average molecular weight is 239 g/mol. The van der Waals surface area contributed by atoms with E-state index in [9.17, 15) is 4.79 Å². The molecule has 0 aliphatic rings. The van der Waals surface area contributed by atoms with Crippen molar-refractivity contribution in [2.24, 2.45) is 5.73 Å². The molecule has 16 heavy (non-hydrogen) atoms. The van der Waals surface area contributed by atoms with Crippen LogP contribution in [0.5, 0.6) is 5.75 Å². The molecule has 0 spiro atoms. The number of hydrogen-bond donors (Lipinski definition) is 1. The number of benzene rings is 1. The van der Waals surface area contributed by atoms with Crippen molar-refractivity contribution >= 4 is 16.9 Å². The Morgan fingerprint density at radius 2 is 2.31 bits per heavy atom. The molecule has 0 amide bonds. The Morgan fingerprint density at radius 1 is 1.50 bits per heavy atom. The Bertz CT molecular complexity index is 342. The molecule has 0 fully saturated rings. The minimum atomic E-state index is 0.216. The van der Waals surface area contributed by atoms with Crippen molar-refractivity contribution in [1.29, 1.82) is 0 Å². The molecule has 2 N–H and O–H groups in total. The quantitative estimate of drug-likeness (QED) is 0.826. The van der Waals surface area contributed by atoms with Crippen LogP contribution in [0.1, 0.15) is 18.9 Å². The smallest absolute Gasteiger partial charge is 0.188 e. The lowest BCUT2D eigenvalue weighted by atomic mass is 10.2. The predicted molar refractivity (Wildman–Crippen MR) is 67.6 cm³/mol. The van der Waals surface area contributed by atoms with Crippen molar-refractivity contribution in [1.82, 2.24) is 0 Å². The van der Waals surface area contributed by atoms with Crippen LogP contribution in [0.15, 0.2) is 24.3 Å². The lowest BCUT2D eigenvalue weighted by Gasteiger charge is -2.06. The third kappa shape index (κ3) is 4.68. The second-order valence-corrected chi connectivity index (χ2v) is 4.33. The summed E-state index contributed by atoms with van der Waals surface area (Å²) in [6.07, 6.45) is 0.577. The van der Waals surface area contributed by atoms with Crippen molar-refractivity contribution in [3.8, 4) is 5.75 Å². The molecule has 1 aromatic carbocycles. The minimum absolute atomic E-state index is 0.216. The molecule has 88 valence electrons. The number of rotatable bonds is 6. The fraction of sp³-hybridized carbons (Fsp3) is 0.417. The van der Waals surface area contributed by atoms with Gasteiger partial charge in [0.2, 0.25) is 0 Å². The van der Waals surface area contributed by atoms with Gasteiger partial charge in [0.25, 0.3) is 0 Å². The molecule has 0 saturated heterocycles. The fourth-order valence-electron chi connectivity index (χ4n) is 1.17. The van der Waals surface area contributed by atoms with Gasteiger partial charge in [0, 0.05) is 18.7 Å². The van der Waals surface area contributed by atoms with Gasteiger partial charge in [-0.15, -0.1) is 0 Å². The van der Waals surface area contributed by atoms with Gasteiger partial charge in [0.15, 0.2) is 5.12 Å². The van der Waals surface area contributed by atoms with E-state index < -0.39 is 0 Å². The normalized spacial score (nSPS) is 10.1. The zero-order valence-electron chi connectivity index (χ0n) is 9.44. The maximum Gasteiger partial charge on any atom is 0.188 e. The molecule has 0 bridgehead atoms. The number of carbonyl (C=O) groups is 1. The summed E-state index contributed by atoms with van der Waals surface area (Å²) in [5.74, 6) is 1.51. The Hall–Kier alpha value is -1.00. The zero-order valence-corrected chi connectivity index (χ0v) is 10.3. The molecule has 4 heteroatoms. The number of hydrogen-bond acceptors (Lipinski definition) is 4. The molecular formula is C12H17NO2S. The first-order valence-corrected chi connectivity index (χ1v) is 6.32. The lowest BCUT2D eigenvalue weighted by molar-refractivity contribution is -0.110. The van der Waals surface area contributed by atoms with Crippen molar-refractivity contribution in [3.63, 3.8) is 0 Å². The molecular weight excluding hydrogens is 222 g/mol. The molecule has 0 aliphatic heterocycles. The molecule has 3 nitrogen and oxygen atoms in total. The van der Waals surface area contributed by atoms with Gasteiger partial charge in [0.05, 0.1) is 0 Å². The van der Waals surface area contributed by atoms with Gasteiger partial charge in [-0.3, -0.25) is 4.79 Å². The molecule has 1 rings (SSSR count). The fourth-order valence-corrected chi connectivity index (χ4v) is 1.88. The van der Waals surface area contributed by atoms with Crippen LogP contribution in [0.3, 0.4) is 0 Å². The number of thioether (sulfide) groups is 1. The summed E-state index contributed by atoms with van der Waals surface area (Å²) in [6.45, 7) is 2.90. The predicted octanol–water partition coefficient (Wildman–Crippen LogP) is 2.19. The van der Waals surface area contributed by atoms with E-state index in [2.05, 4.69) is 0 Å². The van der Waals surface area contributed by atoms with Gasteiger partial charge >= 0.3 is 0 Å². The highest BCUT2D eigenvalue weighted by molar-refractivity contribution is 8.12. The van der Waals surface area contributed by atoms with Crippen molar-refractivity contribution in [3.05, 3.63) is 29.8 Å². The molecule has 0 aromatic heterocycles. The molecule has 1 aromatic rings. The van der Waals surface area contributed by atoms with Crippen LogP contribution >= 0.6 is 11.8 Å². The summed E-state index contributed by atoms with van der Waals surface area (Å²) < 4.78 is 5.41. The standard InChI is InChI=1S/C12H17NO2S/c1-2-12(14)16-9-10-4-3-5-11(8-10)15-7-6-13/h3-5,8H,2,6-7,9,13H2,1H3. The van der Waals surface area contributed by atoms with E-state index in [0.29, 0.717) is 25.3 Å². The van der Waals surface area contributed by atoms with Gasteiger partial charge in [-0.2, -0.15) is 0 Å². The van der Waals surface area contributed by atoms with Gasteiger partial charge in [-0.1, -0.05) is 30.8 Å². The summed E-state index contributed by atoms with van der Waals surface area (Å²) in [5.41, 5.74) is 6.46. The highest BCUT2D eigenvalue weighted by atomic mass is 32.2. The van der Waals surface area contributed by atoms with E-state index in [-0.39, 0.29) is 5.12 Å². The zero-order chi connectivity index (χ0) is 11.8. The summed E-state index contributed by atoms with van der Waals surface area (Å²) in [4.78, 5) is 11.2. The molecule has 0 heterocycles. The Kier molecular flexibility index (Phi) is 5.96. The topological polar surface area (TPSA) is 52.3 Å². The van der Waals surface area contributed by atoms with E-state index in [1.54, 1.807) is 0 Å². The average Bonchev–Trinajstić information content (AvgIpc) is 2.34. The highest BCUT2D eigenvalue weighted by Crippen LogP contribution is 2.19. The third-order valence-electron chi connectivity index (χ3n) is 1.97. The van der Waals surface area contributed by atoms with Crippen LogP contribution in [-0.4, -0.2) is 18.3 Å². The SMILES string of the molecule is CCC(=O)SCc1cccc(OCCN)c1. The first-order valence-electron chi connectivity index (χ1n) is 5.33. The van der Waals surface area contributed by atoms with Crippen LogP contribution < -0.4 is 10.5 Å². The van der Waals surface area contributed by atoms with Crippen LogP contribution in [-0.2, 0) is 10.5 Å². The Balaban J connectivity index is 2.50. The maximum absolute atomic E-state index is 11.2. The Labute approximate surface area is 100 Å².